The minimum absolute atomic E-state index is 0.0127. The van der Waals surface area contributed by atoms with E-state index in [1.165, 1.54) is 19.3 Å². The van der Waals surface area contributed by atoms with Crippen molar-refractivity contribution in [2.24, 2.45) is 11.8 Å². The lowest BCUT2D eigenvalue weighted by Crippen LogP contribution is -2.59. The fourth-order valence-corrected chi connectivity index (χ4v) is 3.86. The van der Waals surface area contributed by atoms with E-state index in [0.29, 0.717) is 0 Å². The van der Waals surface area contributed by atoms with Crippen molar-refractivity contribution in [2.75, 3.05) is 0 Å². The van der Waals surface area contributed by atoms with Crippen LogP contribution < -0.4 is 0 Å². The molecule has 0 radical (unpaired) electrons. The summed E-state index contributed by atoms with van der Waals surface area (Å²) in [5.74, 6) is 0.737. The van der Waals surface area contributed by atoms with Gasteiger partial charge >= 0.3 is 0 Å². The van der Waals surface area contributed by atoms with E-state index in [2.05, 4.69) is 6.92 Å². The second-order valence-corrected chi connectivity index (χ2v) is 5.28. The first-order valence-electron chi connectivity index (χ1n) is 5.00. The quantitative estimate of drug-likeness (QED) is 0.596. The first kappa shape index (κ1) is 7.34. The van der Waals surface area contributed by atoms with Gasteiger partial charge in [-0.15, -0.1) is 0 Å². The molecular weight excluding hydrogens is 152 g/mol. The minimum Gasteiger partial charge on any atom is -0.365 e. The van der Waals surface area contributed by atoms with E-state index in [1.54, 1.807) is 0 Å². The molecule has 2 nitrogen and oxygen atoms in total. The van der Waals surface area contributed by atoms with Crippen LogP contribution in [0, 0.1) is 11.8 Å². The van der Waals surface area contributed by atoms with Crippen molar-refractivity contribution < 1.29 is 9.84 Å². The summed E-state index contributed by atoms with van der Waals surface area (Å²) in [4.78, 5) is 0. The first-order valence-corrected chi connectivity index (χ1v) is 5.00. The first-order chi connectivity index (χ1) is 5.57. The molecule has 68 valence electrons. The highest BCUT2D eigenvalue weighted by Crippen LogP contribution is 2.56. The smallest absolute Gasteiger partial charge is 0.166 e. The van der Waals surface area contributed by atoms with Gasteiger partial charge < -0.3 is 9.84 Å². The van der Waals surface area contributed by atoms with Gasteiger partial charge in [-0.2, -0.15) is 0 Å². The molecule has 2 saturated heterocycles. The molecule has 12 heavy (non-hydrogen) atoms. The number of hydrogen-bond donors (Lipinski definition) is 1. The van der Waals surface area contributed by atoms with Crippen molar-refractivity contribution >= 4 is 0 Å². The van der Waals surface area contributed by atoms with Gasteiger partial charge in [0.05, 0.1) is 5.60 Å². The molecule has 0 aromatic rings. The average molecular weight is 168 g/mol. The summed E-state index contributed by atoms with van der Waals surface area (Å²) in [6.45, 7) is 2.16. The van der Waals surface area contributed by atoms with Crippen molar-refractivity contribution in [3.05, 3.63) is 0 Å². The van der Waals surface area contributed by atoms with Crippen LogP contribution in [-0.2, 0) is 4.74 Å². The van der Waals surface area contributed by atoms with E-state index < -0.39 is 5.79 Å². The molecular formula is C10H16O2. The molecule has 4 fully saturated rings. The van der Waals surface area contributed by atoms with Gasteiger partial charge in [-0.05, 0) is 38.0 Å². The Bertz CT molecular complexity index is 190. The normalized spacial score (nSPS) is 62.5. The lowest BCUT2D eigenvalue weighted by Gasteiger charge is -2.58. The van der Waals surface area contributed by atoms with Crippen LogP contribution in [0.2, 0.25) is 0 Å². The van der Waals surface area contributed by atoms with E-state index in [1.807, 2.05) is 0 Å². The van der Waals surface area contributed by atoms with Crippen LogP contribution in [0.4, 0.5) is 0 Å². The monoisotopic (exact) mass is 168 g/mol. The summed E-state index contributed by atoms with van der Waals surface area (Å²) in [6.07, 6.45) is 5.46. The number of hydrogen-bond acceptors (Lipinski definition) is 2. The maximum absolute atomic E-state index is 10.0. The van der Waals surface area contributed by atoms with Gasteiger partial charge in [0.1, 0.15) is 0 Å². The van der Waals surface area contributed by atoms with Gasteiger partial charge in [0.2, 0.25) is 0 Å². The summed E-state index contributed by atoms with van der Waals surface area (Å²) >= 11 is 0. The van der Waals surface area contributed by atoms with Crippen molar-refractivity contribution in [3.63, 3.8) is 0 Å². The molecule has 4 rings (SSSR count). The van der Waals surface area contributed by atoms with Crippen LogP contribution in [0.25, 0.3) is 0 Å². The predicted octanol–water partition coefficient (Wildman–Crippen LogP) is 1.67. The summed E-state index contributed by atoms with van der Waals surface area (Å²) in [6, 6.07) is 0. The molecule has 2 aliphatic heterocycles. The summed E-state index contributed by atoms with van der Waals surface area (Å²) in [5, 5.41) is 10.0. The lowest BCUT2D eigenvalue weighted by molar-refractivity contribution is -0.350. The zero-order valence-electron chi connectivity index (χ0n) is 7.55. The summed E-state index contributed by atoms with van der Waals surface area (Å²) < 4.78 is 5.75. The number of aliphatic hydroxyl groups is 1. The van der Waals surface area contributed by atoms with Gasteiger partial charge in [-0.1, -0.05) is 0 Å². The third kappa shape index (κ3) is 0.882. The second-order valence-electron chi connectivity index (χ2n) is 5.28. The molecule has 2 saturated carbocycles. The molecule has 1 N–H and O–H groups in total. The standard InChI is InChI=1S/C10H16O2/c1-9-3-7-2-8(4-9)6-10(11,5-7)12-9/h7-8,11H,2-6H2,1H3/t7-,8+,9?,10?. The molecule has 2 unspecified atom stereocenters. The van der Waals surface area contributed by atoms with Gasteiger partial charge in [-0.25, -0.2) is 0 Å². The molecule has 0 aromatic heterocycles. The van der Waals surface area contributed by atoms with Crippen molar-refractivity contribution in [3.8, 4) is 0 Å². The van der Waals surface area contributed by atoms with Crippen molar-refractivity contribution in [1.82, 2.24) is 0 Å². The Balaban J connectivity index is 1.98. The van der Waals surface area contributed by atoms with E-state index in [0.717, 1.165) is 24.7 Å². The van der Waals surface area contributed by atoms with Gasteiger partial charge in [0, 0.05) is 12.8 Å². The SMILES string of the molecule is CC12C[C@H]3C[C@@H](C1)CC(O)(C3)O2. The summed E-state index contributed by atoms with van der Waals surface area (Å²) in [7, 11) is 0. The topological polar surface area (TPSA) is 29.5 Å². The Morgan fingerprint density at radius 3 is 2.17 bits per heavy atom. The zero-order chi connectivity index (χ0) is 8.40. The maximum Gasteiger partial charge on any atom is 0.166 e. The molecule has 4 aliphatic rings. The maximum atomic E-state index is 10.0. The molecule has 2 heteroatoms. The second kappa shape index (κ2) is 1.88. The number of rotatable bonds is 0. The van der Waals surface area contributed by atoms with E-state index in [9.17, 15) is 5.11 Å². The third-order valence-electron chi connectivity index (χ3n) is 3.76. The molecule has 4 bridgehead atoms. The Kier molecular flexibility index (Phi) is 1.15. The highest BCUT2D eigenvalue weighted by molar-refractivity contribution is 5.02. The number of ether oxygens (including phenoxy) is 1. The van der Waals surface area contributed by atoms with Crippen LogP contribution >= 0.6 is 0 Å². The molecule has 4 atom stereocenters. The van der Waals surface area contributed by atoms with Crippen LogP contribution in [0.15, 0.2) is 0 Å². The summed E-state index contributed by atoms with van der Waals surface area (Å²) in [5.41, 5.74) is 0.0127. The van der Waals surface area contributed by atoms with E-state index in [4.69, 9.17) is 4.74 Å². The Labute approximate surface area is 72.9 Å². The van der Waals surface area contributed by atoms with Crippen molar-refractivity contribution in [2.45, 2.75) is 50.4 Å². The zero-order valence-corrected chi connectivity index (χ0v) is 7.55. The van der Waals surface area contributed by atoms with Crippen LogP contribution in [0.5, 0.6) is 0 Å². The van der Waals surface area contributed by atoms with Crippen molar-refractivity contribution in [1.29, 1.82) is 0 Å². The Morgan fingerprint density at radius 2 is 1.75 bits per heavy atom. The molecule has 0 amide bonds. The van der Waals surface area contributed by atoms with Gasteiger partial charge in [0.25, 0.3) is 0 Å². The van der Waals surface area contributed by atoms with Crippen LogP contribution in [0.3, 0.4) is 0 Å². The fraction of sp³-hybridized carbons (Fsp3) is 1.00. The molecule has 2 aliphatic carbocycles. The predicted molar refractivity (Wildman–Crippen MR) is 44.5 cm³/mol. The van der Waals surface area contributed by atoms with Gasteiger partial charge in [-0.3, -0.25) is 0 Å². The average Bonchev–Trinajstić information content (AvgIpc) is 1.75. The van der Waals surface area contributed by atoms with Crippen LogP contribution in [0.1, 0.15) is 39.0 Å². The highest BCUT2D eigenvalue weighted by Gasteiger charge is 2.56. The van der Waals surface area contributed by atoms with Crippen LogP contribution in [-0.4, -0.2) is 16.5 Å². The van der Waals surface area contributed by atoms with E-state index in [-0.39, 0.29) is 5.60 Å². The third-order valence-corrected chi connectivity index (χ3v) is 3.76. The lowest BCUT2D eigenvalue weighted by atomic mass is 9.61. The van der Waals surface area contributed by atoms with E-state index >= 15 is 0 Å². The molecule has 0 aromatic carbocycles. The Hall–Kier alpha value is -0.0800. The highest BCUT2D eigenvalue weighted by atomic mass is 16.6. The molecule has 2 heterocycles. The minimum atomic E-state index is -0.737. The largest absolute Gasteiger partial charge is 0.365 e. The van der Waals surface area contributed by atoms with Gasteiger partial charge in [0.15, 0.2) is 5.79 Å². The Morgan fingerprint density at radius 1 is 1.17 bits per heavy atom. The molecule has 0 spiro atoms. The fourth-order valence-electron chi connectivity index (χ4n) is 3.86.